The van der Waals surface area contributed by atoms with Crippen LogP contribution < -0.4 is 15.9 Å². The largest absolute Gasteiger partial charge is 0.274 e. The molecule has 4 aromatic carbocycles. The lowest BCUT2D eigenvalue weighted by Crippen LogP contribution is -2.47. The number of carbonyl (C=O) groups is 2. The van der Waals surface area contributed by atoms with Crippen LogP contribution in [0.5, 0.6) is 0 Å². The summed E-state index contributed by atoms with van der Waals surface area (Å²) in [5.74, 6) is -0.255. The Balaban J connectivity index is 1.81. The van der Waals surface area contributed by atoms with E-state index in [0.717, 1.165) is 26.8 Å². The van der Waals surface area contributed by atoms with Crippen molar-refractivity contribution in [3.05, 3.63) is 127 Å². The van der Waals surface area contributed by atoms with E-state index >= 15 is 0 Å². The van der Waals surface area contributed by atoms with E-state index in [4.69, 9.17) is 0 Å². The molecule has 34 heavy (non-hydrogen) atoms. The Kier molecular flexibility index (Phi) is 6.29. The fourth-order valence-electron chi connectivity index (χ4n) is 4.84. The van der Waals surface area contributed by atoms with Crippen LogP contribution in [-0.2, 0) is 16.1 Å². The first-order valence-electron chi connectivity index (χ1n) is 11.5. The lowest BCUT2D eigenvalue weighted by molar-refractivity contribution is -0.142. The van der Waals surface area contributed by atoms with Crippen molar-refractivity contribution >= 4 is 39.9 Å². The highest BCUT2D eigenvalue weighted by Gasteiger charge is 2.39. The summed E-state index contributed by atoms with van der Waals surface area (Å²) in [6.45, 7) is -2.19. The predicted octanol–water partition coefficient (Wildman–Crippen LogP) is 4.50. The van der Waals surface area contributed by atoms with Crippen molar-refractivity contribution in [3.8, 4) is 0 Å². The number of hydrogen-bond acceptors (Lipinski definition) is 2. The summed E-state index contributed by atoms with van der Waals surface area (Å²) in [6, 6.07) is 40.8. The molecule has 1 heterocycles. The van der Waals surface area contributed by atoms with E-state index in [2.05, 4.69) is 36.4 Å². The Hall–Kier alpha value is -3.68. The molecule has 1 aliphatic rings. The molecule has 0 N–H and O–H groups in total. The monoisotopic (exact) mass is 463 g/mol. The van der Waals surface area contributed by atoms with Gasteiger partial charge < -0.3 is 0 Å². The molecule has 1 aliphatic heterocycles. The van der Waals surface area contributed by atoms with E-state index in [1.807, 2.05) is 84.9 Å². The van der Waals surface area contributed by atoms with Gasteiger partial charge in [0.05, 0.1) is 6.54 Å². The fourth-order valence-corrected chi connectivity index (χ4v) is 9.39. The first-order chi connectivity index (χ1) is 16.7. The molecule has 0 spiro atoms. The summed E-state index contributed by atoms with van der Waals surface area (Å²) in [4.78, 5) is 28.7. The van der Waals surface area contributed by atoms with Crippen molar-refractivity contribution in [2.45, 2.75) is 19.4 Å². The third-order valence-corrected chi connectivity index (χ3v) is 10.8. The van der Waals surface area contributed by atoms with Gasteiger partial charge in [-0.1, -0.05) is 121 Å². The van der Waals surface area contributed by atoms with Crippen molar-refractivity contribution in [3.63, 3.8) is 0 Å². The Morgan fingerprint density at radius 3 is 1.41 bits per heavy atom. The molecule has 4 heteroatoms. The minimum atomic E-state index is -2.48. The molecule has 0 aliphatic carbocycles. The molecule has 168 valence electrons. The maximum Gasteiger partial charge on any atom is 0.257 e. The molecule has 4 aromatic rings. The van der Waals surface area contributed by atoms with Crippen LogP contribution in [0.15, 0.2) is 121 Å². The molecular weight excluding hydrogens is 437 g/mol. The molecule has 5 rings (SSSR count). The molecule has 2 amide bonds. The van der Waals surface area contributed by atoms with Crippen LogP contribution in [0.25, 0.3) is 0 Å². The number of likely N-dealkylation sites (tertiary alicyclic amines) is 1. The predicted molar refractivity (Wildman–Crippen MR) is 141 cm³/mol. The zero-order valence-electron chi connectivity index (χ0n) is 18.9. The van der Waals surface area contributed by atoms with Crippen molar-refractivity contribution in [2.24, 2.45) is 0 Å². The number of nitrogens with zero attached hydrogens (tertiary/aromatic N) is 1. The van der Waals surface area contributed by atoms with Gasteiger partial charge in [0.15, 0.2) is 0 Å². The SMILES string of the molecule is O=C1CCC(=P(c2ccccc2)(c2ccccc2)c2ccccc2)C(=O)N1Cc1ccccc1. The fraction of sp³-hybridized carbons (Fsp3) is 0.100. The van der Waals surface area contributed by atoms with Gasteiger partial charge in [0.25, 0.3) is 5.91 Å². The first kappa shape index (κ1) is 22.1. The summed E-state index contributed by atoms with van der Waals surface area (Å²) in [5, 5.41) is 4.23. The number of amides is 2. The summed E-state index contributed by atoms with van der Waals surface area (Å²) >= 11 is 0. The van der Waals surface area contributed by atoms with Crippen LogP contribution in [0.3, 0.4) is 0 Å². The molecule has 0 radical (unpaired) electrons. The minimum absolute atomic E-state index is 0.107. The van der Waals surface area contributed by atoms with Crippen molar-refractivity contribution in [1.29, 1.82) is 0 Å². The average molecular weight is 464 g/mol. The molecule has 0 bridgehead atoms. The number of imide groups is 1. The van der Waals surface area contributed by atoms with E-state index in [-0.39, 0.29) is 11.8 Å². The smallest absolute Gasteiger partial charge is 0.257 e. The maximum absolute atomic E-state index is 14.2. The molecular formula is C30H26NO2P. The topological polar surface area (TPSA) is 37.4 Å². The van der Waals surface area contributed by atoms with Gasteiger partial charge in [0.2, 0.25) is 5.91 Å². The number of piperidine rings is 1. The Morgan fingerprint density at radius 2 is 0.971 bits per heavy atom. The second-order valence-electron chi connectivity index (χ2n) is 8.39. The van der Waals surface area contributed by atoms with Gasteiger partial charge in [-0.25, -0.2) is 0 Å². The van der Waals surface area contributed by atoms with Crippen molar-refractivity contribution < 1.29 is 9.59 Å². The zero-order chi connectivity index (χ0) is 23.4. The Bertz CT molecular complexity index is 1250. The molecule has 1 fully saturated rings. The van der Waals surface area contributed by atoms with Crippen LogP contribution in [0.4, 0.5) is 0 Å². The highest BCUT2D eigenvalue weighted by atomic mass is 31.2. The second kappa shape index (κ2) is 9.67. The highest BCUT2D eigenvalue weighted by molar-refractivity contribution is 7.96. The van der Waals surface area contributed by atoms with E-state index in [0.29, 0.717) is 19.4 Å². The van der Waals surface area contributed by atoms with E-state index in [9.17, 15) is 9.59 Å². The van der Waals surface area contributed by atoms with Crippen LogP contribution >= 0.6 is 6.89 Å². The van der Waals surface area contributed by atoms with E-state index in [1.54, 1.807) is 0 Å². The number of benzene rings is 4. The molecule has 0 aromatic heterocycles. The maximum atomic E-state index is 14.2. The third kappa shape index (κ3) is 3.93. The molecule has 1 saturated heterocycles. The lowest BCUT2D eigenvalue weighted by atomic mass is 10.1. The number of hydrogen-bond donors (Lipinski definition) is 0. The first-order valence-corrected chi connectivity index (χ1v) is 13.3. The van der Waals surface area contributed by atoms with Gasteiger partial charge in [-0.05, 0) is 34.8 Å². The summed E-state index contributed by atoms with van der Waals surface area (Å²) < 4.78 is 0. The molecule has 0 atom stereocenters. The van der Waals surface area contributed by atoms with E-state index < -0.39 is 6.89 Å². The van der Waals surface area contributed by atoms with Crippen molar-refractivity contribution in [2.75, 3.05) is 0 Å². The zero-order valence-corrected chi connectivity index (χ0v) is 19.8. The number of carbonyl (C=O) groups excluding carboxylic acids is 2. The normalized spacial score (nSPS) is 14.4. The van der Waals surface area contributed by atoms with Gasteiger partial charge in [-0.2, -0.15) is 0 Å². The van der Waals surface area contributed by atoms with E-state index in [1.165, 1.54) is 4.90 Å². The van der Waals surface area contributed by atoms with Gasteiger partial charge in [0, 0.05) is 11.7 Å². The quantitative estimate of drug-likeness (QED) is 0.323. The third-order valence-electron chi connectivity index (χ3n) is 6.39. The van der Waals surface area contributed by atoms with Gasteiger partial charge >= 0.3 is 0 Å². The minimum Gasteiger partial charge on any atom is -0.274 e. The van der Waals surface area contributed by atoms with Crippen LogP contribution in [0.2, 0.25) is 0 Å². The molecule has 3 nitrogen and oxygen atoms in total. The van der Waals surface area contributed by atoms with Gasteiger partial charge in [0.1, 0.15) is 0 Å². The second-order valence-corrected chi connectivity index (χ2v) is 11.8. The summed E-state index contributed by atoms with van der Waals surface area (Å²) in [5.41, 5.74) is 0.952. The van der Waals surface area contributed by atoms with Crippen LogP contribution in [0.1, 0.15) is 18.4 Å². The average Bonchev–Trinajstić information content (AvgIpc) is 2.91. The standard InChI is InChI=1S/C30H26NO2P/c32-29-22-21-28(30(33)31(29)23-24-13-5-1-6-14-24)34(25-15-7-2-8-16-25,26-17-9-3-10-18-26)27-19-11-4-12-20-27/h1-20H,21-23H2. The molecule has 0 unspecified atom stereocenters. The lowest BCUT2D eigenvalue weighted by Gasteiger charge is -2.36. The Morgan fingerprint density at radius 1 is 0.559 bits per heavy atom. The summed E-state index contributed by atoms with van der Waals surface area (Å²) in [7, 11) is 0. The number of rotatable bonds is 5. The van der Waals surface area contributed by atoms with Crippen LogP contribution in [0, 0.1) is 0 Å². The van der Waals surface area contributed by atoms with Crippen LogP contribution in [-0.4, -0.2) is 22.0 Å². The van der Waals surface area contributed by atoms with Gasteiger partial charge in [-0.3, -0.25) is 14.5 Å². The Labute approximate surface area is 200 Å². The van der Waals surface area contributed by atoms with Gasteiger partial charge in [-0.15, -0.1) is 0 Å². The summed E-state index contributed by atoms with van der Waals surface area (Å²) in [6.07, 6.45) is 0.803. The highest BCUT2D eigenvalue weighted by Crippen LogP contribution is 2.48. The molecule has 0 saturated carbocycles. The van der Waals surface area contributed by atoms with Crippen molar-refractivity contribution in [1.82, 2.24) is 4.90 Å².